The van der Waals surface area contributed by atoms with Crippen molar-refractivity contribution in [2.75, 3.05) is 25.1 Å². The van der Waals surface area contributed by atoms with Crippen LogP contribution in [0.15, 0.2) is 72.8 Å². The van der Waals surface area contributed by atoms with E-state index in [1.54, 1.807) is 7.11 Å². The molecule has 0 amide bonds. The third-order valence-corrected chi connectivity index (χ3v) is 5.99. The molecule has 0 saturated heterocycles. The number of rotatable bonds is 6. The Labute approximate surface area is 183 Å². The van der Waals surface area contributed by atoms with Gasteiger partial charge in [0.2, 0.25) is 0 Å². The van der Waals surface area contributed by atoms with E-state index in [-0.39, 0.29) is 0 Å². The second kappa shape index (κ2) is 8.31. The molecule has 5 rings (SSSR count). The monoisotopic (exact) mass is 410 g/mol. The van der Waals surface area contributed by atoms with Gasteiger partial charge in [0, 0.05) is 24.2 Å². The minimum Gasteiger partial charge on any atom is -0.497 e. The normalized spacial score (nSPS) is 12.8. The average molecular weight is 411 g/mol. The Balaban J connectivity index is 1.45. The lowest BCUT2D eigenvalue weighted by atomic mass is 10.1. The zero-order valence-corrected chi connectivity index (χ0v) is 18.0. The molecule has 3 aromatic carbocycles. The van der Waals surface area contributed by atoms with Crippen molar-refractivity contribution in [2.24, 2.45) is 0 Å². The Bertz CT molecular complexity index is 1200. The SMILES string of the molecule is COc1ccc(CCN2CCc3c(C)nc4ccc(Oc5ccccc5)cc4c32)cc1. The first-order valence-corrected chi connectivity index (χ1v) is 10.8. The highest BCUT2D eigenvalue weighted by atomic mass is 16.5. The second-order valence-electron chi connectivity index (χ2n) is 7.95. The molecular formula is C27H26N2O2. The predicted molar refractivity (Wildman–Crippen MR) is 126 cm³/mol. The Kier molecular flexibility index (Phi) is 5.21. The molecule has 31 heavy (non-hydrogen) atoms. The number of hydrogen-bond acceptors (Lipinski definition) is 4. The van der Waals surface area contributed by atoms with Crippen LogP contribution in [-0.4, -0.2) is 25.2 Å². The minimum absolute atomic E-state index is 0.841. The van der Waals surface area contributed by atoms with Crippen LogP contribution in [0.25, 0.3) is 10.9 Å². The minimum atomic E-state index is 0.841. The molecule has 0 saturated carbocycles. The number of nitrogens with zero attached hydrogens (tertiary/aromatic N) is 2. The fourth-order valence-corrected chi connectivity index (χ4v) is 4.37. The fraction of sp³-hybridized carbons (Fsp3) is 0.222. The van der Waals surface area contributed by atoms with Crippen LogP contribution in [0.5, 0.6) is 17.2 Å². The molecule has 1 aromatic heterocycles. The first-order chi connectivity index (χ1) is 15.2. The maximum atomic E-state index is 6.10. The summed E-state index contributed by atoms with van der Waals surface area (Å²) in [4.78, 5) is 7.37. The van der Waals surface area contributed by atoms with Crippen molar-refractivity contribution >= 4 is 16.6 Å². The van der Waals surface area contributed by atoms with E-state index < -0.39 is 0 Å². The van der Waals surface area contributed by atoms with Gasteiger partial charge in [-0.2, -0.15) is 0 Å². The summed E-state index contributed by atoms with van der Waals surface area (Å²) >= 11 is 0. The summed E-state index contributed by atoms with van der Waals surface area (Å²) in [5, 5.41) is 1.17. The summed E-state index contributed by atoms with van der Waals surface area (Å²) in [6.07, 6.45) is 2.03. The van der Waals surface area contributed by atoms with E-state index in [4.69, 9.17) is 14.5 Å². The number of benzene rings is 3. The molecule has 4 aromatic rings. The molecule has 156 valence electrons. The van der Waals surface area contributed by atoms with E-state index in [0.717, 1.165) is 54.4 Å². The Hall–Kier alpha value is -3.53. The highest BCUT2D eigenvalue weighted by molar-refractivity contribution is 5.96. The van der Waals surface area contributed by atoms with Crippen LogP contribution in [-0.2, 0) is 12.8 Å². The van der Waals surface area contributed by atoms with Gasteiger partial charge in [0.05, 0.1) is 18.3 Å². The van der Waals surface area contributed by atoms with Crippen LogP contribution in [0.3, 0.4) is 0 Å². The number of pyridine rings is 1. The van der Waals surface area contributed by atoms with E-state index in [2.05, 4.69) is 36.1 Å². The molecule has 0 spiro atoms. The van der Waals surface area contributed by atoms with Crippen molar-refractivity contribution in [1.29, 1.82) is 0 Å². The smallest absolute Gasteiger partial charge is 0.128 e. The average Bonchev–Trinajstić information content (AvgIpc) is 3.24. The van der Waals surface area contributed by atoms with Crippen LogP contribution in [0.1, 0.15) is 16.8 Å². The van der Waals surface area contributed by atoms with E-state index in [0.29, 0.717) is 0 Å². The predicted octanol–water partition coefficient (Wildman–Crippen LogP) is 5.95. The van der Waals surface area contributed by atoms with Crippen LogP contribution in [0, 0.1) is 6.92 Å². The lowest BCUT2D eigenvalue weighted by Gasteiger charge is -2.22. The van der Waals surface area contributed by atoms with Crippen molar-refractivity contribution in [2.45, 2.75) is 19.8 Å². The lowest BCUT2D eigenvalue weighted by Crippen LogP contribution is -2.23. The molecule has 0 bridgehead atoms. The van der Waals surface area contributed by atoms with Crippen LogP contribution < -0.4 is 14.4 Å². The van der Waals surface area contributed by atoms with Gasteiger partial charge < -0.3 is 14.4 Å². The Morgan fingerprint density at radius 2 is 1.68 bits per heavy atom. The molecule has 1 aliphatic heterocycles. The summed E-state index contributed by atoms with van der Waals surface area (Å²) in [6.45, 7) is 4.12. The Morgan fingerprint density at radius 1 is 0.903 bits per heavy atom. The molecule has 4 heteroatoms. The van der Waals surface area contributed by atoms with Gasteiger partial charge >= 0.3 is 0 Å². The molecule has 1 aliphatic rings. The van der Waals surface area contributed by atoms with Gasteiger partial charge in [0.25, 0.3) is 0 Å². The number of hydrogen-bond donors (Lipinski definition) is 0. The zero-order chi connectivity index (χ0) is 21.2. The highest BCUT2D eigenvalue weighted by Gasteiger charge is 2.24. The van der Waals surface area contributed by atoms with Gasteiger partial charge in [0.15, 0.2) is 0 Å². The summed E-state index contributed by atoms with van der Waals surface area (Å²) in [5.41, 5.74) is 6.14. The first-order valence-electron chi connectivity index (χ1n) is 10.8. The maximum Gasteiger partial charge on any atom is 0.128 e. The van der Waals surface area contributed by atoms with E-state index in [1.807, 2.05) is 48.5 Å². The number of para-hydroxylation sites is 1. The summed E-state index contributed by atoms with van der Waals surface area (Å²) in [5.74, 6) is 2.58. The standard InChI is InChI=1S/C27H26N2O2/c1-19-24-15-17-29(16-14-20-8-10-21(30-2)11-9-20)27(24)25-18-23(12-13-26(25)28-19)31-22-6-4-3-5-7-22/h3-13,18H,14-17H2,1-2H3. The van der Waals surface area contributed by atoms with Crippen LogP contribution in [0.2, 0.25) is 0 Å². The highest BCUT2D eigenvalue weighted by Crippen LogP contribution is 2.38. The first kappa shape index (κ1) is 19.4. The van der Waals surface area contributed by atoms with Gasteiger partial charge in [-0.05, 0) is 73.4 Å². The summed E-state index contributed by atoms with van der Waals surface area (Å²) < 4.78 is 11.4. The largest absolute Gasteiger partial charge is 0.497 e. The van der Waals surface area contributed by atoms with Gasteiger partial charge in [-0.15, -0.1) is 0 Å². The number of aryl methyl sites for hydroxylation is 1. The number of anilines is 1. The molecule has 0 fully saturated rings. The number of methoxy groups -OCH3 is 1. The molecular weight excluding hydrogens is 384 g/mol. The van der Waals surface area contributed by atoms with Crippen molar-refractivity contribution in [3.8, 4) is 17.2 Å². The topological polar surface area (TPSA) is 34.6 Å². The summed E-state index contributed by atoms with van der Waals surface area (Å²) in [6, 6.07) is 24.5. The van der Waals surface area contributed by atoms with Gasteiger partial charge in [-0.3, -0.25) is 4.98 Å². The molecule has 0 unspecified atom stereocenters. The molecule has 2 heterocycles. The molecule has 4 nitrogen and oxygen atoms in total. The third-order valence-electron chi connectivity index (χ3n) is 5.99. The molecule has 0 aliphatic carbocycles. The quantitative estimate of drug-likeness (QED) is 0.393. The van der Waals surface area contributed by atoms with Gasteiger partial charge in [-0.25, -0.2) is 0 Å². The number of fused-ring (bicyclic) bond motifs is 3. The lowest BCUT2D eigenvalue weighted by molar-refractivity contribution is 0.414. The zero-order valence-electron chi connectivity index (χ0n) is 18.0. The fourth-order valence-electron chi connectivity index (χ4n) is 4.37. The van der Waals surface area contributed by atoms with E-state index >= 15 is 0 Å². The van der Waals surface area contributed by atoms with E-state index in [1.165, 1.54) is 22.2 Å². The molecule has 0 N–H and O–H groups in total. The van der Waals surface area contributed by atoms with Crippen molar-refractivity contribution in [1.82, 2.24) is 4.98 Å². The number of aromatic nitrogens is 1. The van der Waals surface area contributed by atoms with Crippen molar-refractivity contribution in [3.05, 3.63) is 89.6 Å². The molecule has 0 radical (unpaired) electrons. The third kappa shape index (κ3) is 3.93. The summed E-state index contributed by atoms with van der Waals surface area (Å²) in [7, 11) is 1.70. The second-order valence-corrected chi connectivity index (χ2v) is 7.95. The molecule has 0 atom stereocenters. The van der Waals surface area contributed by atoms with Crippen molar-refractivity contribution in [3.63, 3.8) is 0 Å². The van der Waals surface area contributed by atoms with Crippen LogP contribution >= 0.6 is 0 Å². The van der Waals surface area contributed by atoms with Gasteiger partial charge in [-0.1, -0.05) is 30.3 Å². The Morgan fingerprint density at radius 3 is 2.45 bits per heavy atom. The van der Waals surface area contributed by atoms with Crippen LogP contribution in [0.4, 0.5) is 5.69 Å². The van der Waals surface area contributed by atoms with Gasteiger partial charge in [0.1, 0.15) is 17.2 Å². The van der Waals surface area contributed by atoms with E-state index in [9.17, 15) is 0 Å². The van der Waals surface area contributed by atoms with Crippen molar-refractivity contribution < 1.29 is 9.47 Å². The maximum absolute atomic E-state index is 6.10. The number of ether oxygens (including phenoxy) is 2.